The van der Waals surface area contributed by atoms with Crippen LogP contribution in [0.2, 0.25) is 0 Å². The molecule has 9 heteroatoms. The van der Waals surface area contributed by atoms with Crippen LogP contribution in [-0.4, -0.2) is 27.9 Å². The average molecular weight is 386 g/mol. The van der Waals surface area contributed by atoms with Crippen molar-refractivity contribution in [1.82, 2.24) is 10.6 Å². The first-order valence-corrected chi connectivity index (χ1v) is 8.53. The van der Waals surface area contributed by atoms with Gasteiger partial charge in [-0.1, -0.05) is 36.4 Å². The Bertz CT molecular complexity index is 780. The highest BCUT2D eigenvalue weighted by molar-refractivity contribution is 7.80. The second kappa shape index (κ2) is 6.40. The molecule has 1 aromatic heterocycles. The summed E-state index contributed by atoms with van der Waals surface area (Å²) in [6.45, 7) is 0. The lowest BCUT2D eigenvalue weighted by Crippen LogP contribution is -2.72. The third kappa shape index (κ3) is 3.14. The smallest absolute Gasteiger partial charge is 0.363 e. The van der Waals surface area contributed by atoms with Gasteiger partial charge < -0.3 is 15.7 Å². The van der Waals surface area contributed by atoms with E-state index in [0.717, 1.165) is 11.3 Å². The van der Waals surface area contributed by atoms with Crippen molar-refractivity contribution in [3.63, 3.8) is 0 Å². The molecule has 0 saturated carbocycles. The van der Waals surface area contributed by atoms with Crippen molar-refractivity contribution >= 4 is 34.5 Å². The first kappa shape index (κ1) is 17.8. The fraction of sp³-hybridized carbons (Fsp3) is 0.250. The number of aliphatic hydroxyl groups is 1. The van der Waals surface area contributed by atoms with Gasteiger partial charge >= 0.3 is 6.18 Å². The van der Waals surface area contributed by atoms with Crippen LogP contribution in [0.15, 0.2) is 47.8 Å². The van der Waals surface area contributed by atoms with E-state index in [2.05, 4.69) is 5.32 Å². The summed E-state index contributed by atoms with van der Waals surface area (Å²) in [7, 11) is 0. The fourth-order valence-corrected chi connectivity index (χ4v) is 3.84. The maximum atomic E-state index is 13.7. The van der Waals surface area contributed by atoms with Gasteiger partial charge in [0.1, 0.15) is 5.92 Å². The highest BCUT2D eigenvalue weighted by Gasteiger charge is 2.65. The molecule has 0 spiro atoms. The molecule has 1 aliphatic heterocycles. The van der Waals surface area contributed by atoms with E-state index in [0.29, 0.717) is 5.56 Å². The number of alkyl halides is 3. The van der Waals surface area contributed by atoms with Gasteiger partial charge in [0, 0.05) is 0 Å². The molecule has 1 aliphatic rings. The quantitative estimate of drug-likeness (QED) is 0.559. The molecule has 132 valence electrons. The second-order valence-corrected chi connectivity index (χ2v) is 6.93. The molecule has 3 N–H and O–H groups in total. The number of halogens is 3. The van der Waals surface area contributed by atoms with E-state index < -0.39 is 29.6 Å². The molecule has 2 aromatic rings. The van der Waals surface area contributed by atoms with Crippen LogP contribution in [0.4, 0.5) is 13.2 Å². The number of ketones is 1. The summed E-state index contributed by atoms with van der Waals surface area (Å²) < 4.78 is 41.1. The first-order chi connectivity index (χ1) is 11.7. The summed E-state index contributed by atoms with van der Waals surface area (Å²) in [5, 5.41) is 16.2. The Hall–Kier alpha value is -1.97. The zero-order chi connectivity index (χ0) is 18.2. The second-order valence-electron chi connectivity index (χ2n) is 5.57. The van der Waals surface area contributed by atoms with Crippen molar-refractivity contribution < 1.29 is 23.1 Å². The van der Waals surface area contributed by atoms with E-state index in [4.69, 9.17) is 12.2 Å². The third-order valence-electron chi connectivity index (χ3n) is 4.01. The lowest BCUT2D eigenvalue weighted by atomic mass is 9.79. The van der Waals surface area contributed by atoms with Crippen molar-refractivity contribution in [3.05, 3.63) is 58.3 Å². The molecule has 0 unspecified atom stereocenters. The maximum Gasteiger partial charge on any atom is 0.437 e. The minimum atomic E-state index is -5.11. The highest BCUT2D eigenvalue weighted by atomic mass is 32.1. The summed E-state index contributed by atoms with van der Waals surface area (Å²) in [5.41, 5.74) is -3.05. The molecule has 0 amide bonds. The van der Waals surface area contributed by atoms with E-state index in [1.54, 1.807) is 41.8 Å². The minimum Gasteiger partial charge on any atom is -0.363 e. The van der Waals surface area contributed by atoms with E-state index >= 15 is 0 Å². The summed E-state index contributed by atoms with van der Waals surface area (Å²) in [4.78, 5) is 13.0. The van der Waals surface area contributed by atoms with Crippen LogP contribution in [-0.2, 0) is 0 Å². The molecule has 1 fully saturated rings. The number of hydrogen-bond donors (Lipinski definition) is 3. The predicted octanol–water partition coefficient (Wildman–Crippen LogP) is 3.02. The Kier molecular flexibility index (Phi) is 4.56. The molecule has 2 heterocycles. The summed E-state index contributed by atoms with van der Waals surface area (Å²) in [6.07, 6.45) is -5.11. The van der Waals surface area contributed by atoms with Gasteiger partial charge in [-0.25, -0.2) is 0 Å². The molecular weight excluding hydrogens is 373 g/mol. The van der Waals surface area contributed by atoms with Gasteiger partial charge in [-0.2, -0.15) is 13.2 Å². The Labute approximate surface area is 150 Å². The lowest BCUT2D eigenvalue weighted by Gasteiger charge is -2.46. The Morgan fingerprint density at radius 1 is 1.20 bits per heavy atom. The standard InChI is InChI=1S/C16H13F3N2O2S2/c17-16(18,19)15(23)11(13(22)10-7-4-8-25-10)12(20-14(24)21-15)9-5-2-1-3-6-9/h1-8,11-12,23H,(H2,20,21,24)/t11-,12-,15+/m1/s1. The van der Waals surface area contributed by atoms with Crippen LogP contribution in [0.25, 0.3) is 0 Å². The monoisotopic (exact) mass is 386 g/mol. The van der Waals surface area contributed by atoms with E-state index in [-0.39, 0.29) is 9.99 Å². The Morgan fingerprint density at radius 2 is 1.88 bits per heavy atom. The van der Waals surface area contributed by atoms with Crippen molar-refractivity contribution in [2.75, 3.05) is 0 Å². The molecule has 0 aliphatic carbocycles. The van der Waals surface area contributed by atoms with Gasteiger partial charge in [0.25, 0.3) is 0 Å². The van der Waals surface area contributed by atoms with Gasteiger partial charge in [0.05, 0.1) is 10.9 Å². The number of carbonyl (C=O) groups excluding carboxylic acids is 1. The average Bonchev–Trinajstić information content (AvgIpc) is 3.08. The van der Waals surface area contributed by atoms with Crippen molar-refractivity contribution in [2.45, 2.75) is 17.9 Å². The van der Waals surface area contributed by atoms with Crippen LogP contribution in [0.3, 0.4) is 0 Å². The van der Waals surface area contributed by atoms with Gasteiger partial charge in [0.15, 0.2) is 10.9 Å². The largest absolute Gasteiger partial charge is 0.437 e. The van der Waals surface area contributed by atoms with Crippen LogP contribution >= 0.6 is 23.6 Å². The number of thiocarbonyl (C=S) groups is 1. The zero-order valence-electron chi connectivity index (χ0n) is 12.6. The van der Waals surface area contributed by atoms with Crippen LogP contribution in [0.5, 0.6) is 0 Å². The molecule has 3 atom stereocenters. The molecule has 1 aromatic carbocycles. The SMILES string of the molecule is O=C(c1cccs1)[C@H]1[C@@H](c2ccccc2)NC(=S)N[C@@]1(O)C(F)(F)F. The maximum absolute atomic E-state index is 13.7. The summed E-state index contributed by atoms with van der Waals surface area (Å²) in [6, 6.07) is 10.0. The fourth-order valence-electron chi connectivity index (χ4n) is 2.85. The molecule has 4 nitrogen and oxygen atoms in total. The highest BCUT2D eigenvalue weighted by Crippen LogP contribution is 2.44. The van der Waals surface area contributed by atoms with E-state index in [1.165, 1.54) is 6.07 Å². The molecule has 0 bridgehead atoms. The van der Waals surface area contributed by atoms with Crippen molar-refractivity contribution in [1.29, 1.82) is 0 Å². The zero-order valence-corrected chi connectivity index (χ0v) is 14.2. The Morgan fingerprint density at radius 3 is 2.44 bits per heavy atom. The summed E-state index contributed by atoms with van der Waals surface area (Å²) >= 11 is 5.87. The normalized spacial score (nSPS) is 26.6. The number of rotatable bonds is 3. The lowest BCUT2D eigenvalue weighted by molar-refractivity contribution is -0.285. The van der Waals surface area contributed by atoms with E-state index in [9.17, 15) is 23.1 Å². The molecule has 3 rings (SSSR count). The van der Waals surface area contributed by atoms with Gasteiger partial charge in [-0.15, -0.1) is 11.3 Å². The van der Waals surface area contributed by atoms with E-state index in [1.807, 2.05) is 5.32 Å². The van der Waals surface area contributed by atoms with Gasteiger partial charge in [0.2, 0.25) is 5.72 Å². The number of carbonyl (C=O) groups is 1. The van der Waals surface area contributed by atoms with Gasteiger partial charge in [-0.05, 0) is 29.2 Å². The predicted molar refractivity (Wildman–Crippen MR) is 91.2 cm³/mol. The number of thiophene rings is 1. The molecule has 0 radical (unpaired) electrons. The minimum absolute atomic E-state index is 0.130. The van der Waals surface area contributed by atoms with Crippen molar-refractivity contribution in [3.8, 4) is 0 Å². The van der Waals surface area contributed by atoms with Crippen LogP contribution in [0, 0.1) is 5.92 Å². The van der Waals surface area contributed by atoms with Crippen LogP contribution in [0.1, 0.15) is 21.3 Å². The number of benzene rings is 1. The number of hydrogen-bond acceptors (Lipinski definition) is 4. The number of nitrogens with one attached hydrogen (secondary N) is 2. The van der Waals surface area contributed by atoms with Gasteiger partial charge in [-0.3, -0.25) is 4.79 Å². The number of Topliss-reactive ketones (excluding diaryl/α,β-unsaturated/α-hetero) is 1. The first-order valence-electron chi connectivity index (χ1n) is 7.24. The molecule has 25 heavy (non-hydrogen) atoms. The Balaban J connectivity index is 2.15. The van der Waals surface area contributed by atoms with Crippen LogP contribution < -0.4 is 10.6 Å². The molecule has 1 saturated heterocycles. The third-order valence-corrected chi connectivity index (χ3v) is 5.12. The van der Waals surface area contributed by atoms with Crippen molar-refractivity contribution in [2.24, 2.45) is 5.92 Å². The molecular formula is C16H13F3N2O2S2. The summed E-state index contributed by atoms with van der Waals surface area (Å²) in [5.74, 6) is -2.66. The topological polar surface area (TPSA) is 61.4 Å².